The Morgan fingerprint density at radius 2 is 1.96 bits per heavy atom. The van der Waals surface area contributed by atoms with E-state index < -0.39 is 5.82 Å². The lowest BCUT2D eigenvalue weighted by atomic mass is 10.2. The molecule has 0 saturated heterocycles. The molecule has 0 atom stereocenters. The zero-order valence-corrected chi connectivity index (χ0v) is 13.8. The molecule has 0 aliphatic heterocycles. The number of aromatic nitrogens is 3. The van der Waals surface area contributed by atoms with E-state index in [0.717, 1.165) is 12.8 Å². The van der Waals surface area contributed by atoms with Crippen molar-refractivity contribution >= 4 is 17.5 Å². The van der Waals surface area contributed by atoms with Gasteiger partial charge in [0.25, 0.3) is 0 Å². The fourth-order valence-electron chi connectivity index (χ4n) is 2.51. The van der Waals surface area contributed by atoms with Gasteiger partial charge in [-0.25, -0.2) is 9.37 Å². The molecular weight excluding hydrogens is 331 g/mol. The van der Waals surface area contributed by atoms with E-state index in [1.807, 2.05) is 24.3 Å². The van der Waals surface area contributed by atoms with Gasteiger partial charge >= 0.3 is 0 Å². The molecule has 7 heteroatoms. The van der Waals surface area contributed by atoms with Crippen molar-refractivity contribution in [1.82, 2.24) is 15.0 Å². The summed E-state index contributed by atoms with van der Waals surface area (Å²) in [6, 6.07) is 14.0. The molecule has 0 unspecified atom stereocenters. The van der Waals surface area contributed by atoms with Crippen molar-refractivity contribution in [2.75, 3.05) is 10.6 Å². The number of pyridine rings is 1. The maximum Gasteiger partial charge on any atom is 0.225 e. The fraction of sp³-hybridized carbons (Fsp3) is 0.158. The Labute approximate surface area is 149 Å². The van der Waals surface area contributed by atoms with E-state index in [0.29, 0.717) is 34.9 Å². The lowest BCUT2D eigenvalue weighted by Gasteiger charge is -2.12. The third-order valence-corrected chi connectivity index (χ3v) is 3.95. The molecule has 2 heterocycles. The van der Waals surface area contributed by atoms with Crippen molar-refractivity contribution in [1.29, 1.82) is 5.26 Å². The number of rotatable bonds is 5. The molecule has 1 saturated carbocycles. The summed E-state index contributed by atoms with van der Waals surface area (Å²) >= 11 is 0. The molecule has 6 nitrogen and oxygen atoms in total. The second kappa shape index (κ2) is 6.76. The van der Waals surface area contributed by atoms with Crippen LogP contribution in [0.3, 0.4) is 0 Å². The van der Waals surface area contributed by atoms with Crippen LogP contribution < -0.4 is 10.6 Å². The second-order valence-corrected chi connectivity index (χ2v) is 5.99. The number of halogens is 1. The molecule has 0 bridgehead atoms. The highest BCUT2D eigenvalue weighted by Crippen LogP contribution is 2.28. The molecule has 1 fully saturated rings. The number of benzene rings is 1. The van der Waals surface area contributed by atoms with Crippen LogP contribution in [0.15, 0.2) is 48.7 Å². The standard InChI is InChI=1S/C19H15FN6/c20-14-4-3-6-15(13(14)11-21)24-18-10-17(16-5-1-2-9-22-16)25-19(26-18)23-12-7-8-12/h1-6,9-10,12H,7-8H2,(H2,23,24,25,26). The normalized spacial score (nSPS) is 13.1. The van der Waals surface area contributed by atoms with Gasteiger partial charge in [0.15, 0.2) is 0 Å². The van der Waals surface area contributed by atoms with Crippen LogP contribution in [-0.4, -0.2) is 21.0 Å². The lowest BCUT2D eigenvalue weighted by Crippen LogP contribution is -2.08. The predicted molar refractivity (Wildman–Crippen MR) is 96.3 cm³/mol. The van der Waals surface area contributed by atoms with E-state index in [1.54, 1.807) is 24.4 Å². The van der Waals surface area contributed by atoms with Crippen LogP contribution in [0.4, 0.5) is 21.8 Å². The van der Waals surface area contributed by atoms with E-state index in [2.05, 4.69) is 25.6 Å². The summed E-state index contributed by atoms with van der Waals surface area (Å²) < 4.78 is 13.8. The number of nitrogens with zero attached hydrogens (tertiary/aromatic N) is 4. The Balaban J connectivity index is 1.73. The average molecular weight is 346 g/mol. The van der Waals surface area contributed by atoms with E-state index >= 15 is 0 Å². The van der Waals surface area contributed by atoms with Crippen LogP contribution >= 0.6 is 0 Å². The molecule has 3 aromatic rings. The fourth-order valence-corrected chi connectivity index (χ4v) is 2.51. The molecular formula is C19H15FN6. The number of hydrogen-bond donors (Lipinski definition) is 2. The highest BCUT2D eigenvalue weighted by Gasteiger charge is 2.22. The van der Waals surface area contributed by atoms with Gasteiger partial charge in [0.2, 0.25) is 5.95 Å². The van der Waals surface area contributed by atoms with Gasteiger partial charge in [-0.2, -0.15) is 10.2 Å². The van der Waals surface area contributed by atoms with Crippen LogP contribution in [0.5, 0.6) is 0 Å². The maximum absolute atomic E-state index is 13.8. The first-order chi connectivity index (χ1) is 12.7. The number of nitrogens with one attached hydrogen (secondary N) is 2. The predicted octanol–water partition coefficient (Wildman–Crippen LogP) is 3.87. The number of hydrogen-bond acceptors (Lipinski definition) is 6. The highest BCUT2D eigenvalue weighted by molar-refractivity contribution is 5.69. The van der Waals surface area contributed by atoms with Crippen LogP contribution in [-0.2, 0) is 0 Å². The zero-order chi connectivity index (χ0) is 17.9. The van der Waals surface area contributed by atoms with Gasteiger partial charge in [-0.1, -0.05) is 12.1 Å². The van der Waals surface area contributed by atoms with Gasteiger partial charge in [-0.15, -0.1) is 0 Å². The quantitative estimate of drug-likeness (QED) is 0.729. The van der Waals surface area contributed by atoms with Crippen LogP contribution in [0.25, 0.3) is 11.4 Å². The number of nitriles is 1. The first-order valence-electron chi connectivity index (χ1n) is 8.25. The molecule has 26 heavy (non-hydrogen) atoms. The minimum absolute atomic E-state index is 0.0535. The van der Waals surface area contributed by atoms with Crippen molar-refractivity contribution in [3.8, 4) is 17.5 Å². The largest absolute Gasteiger partial charge is 0.351 e. The minimum atomic E-state index is -0.576. The molecule has 4 rings (SSSR count). The van der Waals surface area contributed by atoms with Crippen LogP contribution in [0.2, 0.25) is 0 Å². The topological polar surface area (TPSA) is 86.5 Å². The van der Waals surface area contributed by atoms with Crippen molar-refractivity contribution < 1.29 is 4.39 Å². The summed E-state index contributed by atoms with van der Waals surface area (Å²) in [5.74, 6) is 0.367. The molecule has 0 radical (unpaired) electrons. The first-order valence-corrected chi connectivity index (χ1v) is 8.25. The van der Waals surface area contributed by atoms with Crippen molar-refractivity contribution in [2.24, 2.45) is 0 Å². The van der Waals surface area contributed by atoms with E-state index in [4.69, 9.17) is 0 Å². The third kappa shape index (κ3) is 3.44. The lowest BCUT2D eigenvalue weighted by molar-refractivity contribution is 0.624. The maximum atomic E-state index is 13.8. The van der Waals surface area contributed by atoms with E-state index in [1.165, 1.54) is 6.07 Å². The second-order valence-electron chi connectivity index (χ2n) is 5.99. The zero-order valence-electron chi connectivity index (χ0n) is 13.8. The summed E-state index contributed by atoms with van der Waals surface area (Å²) in [5.41, 5.74) is 1.65. The Morgan fingerprint density at radius 3 is 2.69 bits per heavy atom. The van der Waals surface area contributed by atoms with E-state index in [-0.39, 0.29) is 5.56 Å². The monoisotopic (exact) mass is 346 g/mol. The Morgan fingerprint density at radius 1 is 1.08 bits per heavy atom. The van der Waals surface area contributed by atoms with Crippen LogP contribution in [0, 0.1) is 17.1 Å². The smallest absolute Gasteiger partial charge is 0.225 e. The summed E-state index contributed by atoms with van der Waals surface area (Å²) in [4.78, 5) is 13.3. The van der Waals surface area contributed by atoms with Crippen molar-refractivity contribution in [3.05, 3.63) is 60.0 Å². The molecule has 1 aromatic carbocycles. The average Bonchev–Trinajstić information content (AvgIpc) is 3.46. The molecule has 0 spiro atoms. The van der Waals surface area contributed by atoms with Gasteiger partial charge in [0.1, 0.15) is 23.3 Å². The molecule has 128 valence electrons. The van der Waals surface area contributed by atoms with Crippen molar-refractivity contribution in [2.45, 2.75) is 18.9 Å². The van der Waals surface area contributed by atoms with Crippen LogP contribution in [0.1, 0.15) is 18.4 Å². The van der Waals surface area contributed by atoms with Gasteiger partial charge in [0, 0.05) is 18.3 Å². The first kappa shape index (κ1) is 16.0. The molecule has 2 aromatic heterocycles. The molecule has 1 aliphatic carbocycles. The highest BCUT2D eigenvalue weighted by atomic mass is 19.1. The Bertz CT molecular complexity index is 979. The summed E-state index contributed by atoms with van der Waals surface area (Å²) in [6.45, 7) is 0. The van der Waals surface area contributed by atoms with Gasteiger partial charge in [0.05, 0.1) is 17.1 Å². The van der Waals surface area contributed by atoms with Crippen molar-refractivity contribution in [3.63, 3.8) is 0 Å². The number of anilines is 3. The van der Waals surface area contributed by atoms with E-state index in [9.17, 15) is 9.65 Å². The summed E-state index contributed by atoms with van der Waals surface area (Å²) in [7, 11) is 0. The van der Waals surface area contributed by atoms with Gasteiger partial charge in [-0.05, 0) is 37.1 Å². The molecule has 2 N–H and O–H groups in total. The Kier molecular flexibility index (Phi) is 4.15. The molecule has 0 amide bonds. The van der Waals surface area contributed by atoms with Gasteiger partial charge < -0.3 is 10.6 Å². The third-order valence-electron chi connectivity index (χ3n) is 3.95. The van der Waals surface area contributed by atoms with Gasteiger partial charge in [-0.3, -0.25) is 4.98 Å². The SMILES string of the molecule is N#Cc1c(F)cccc1Nc1cc(-c2ccccn2)nc(NC2CC2)n1. The Hall–Kier alpha value is -3.53. The summed E-state index contributed by atoms with van der Waals surface area (Å²) in [5, 5.41) is 15.5. The molecule has 1 aliphatic rings. The minimum Gasteiger partial charge on any atom is -0.351 e. The summed E-state index contributed by atoms with van der Waals surface area (Å²) in [6.07, 6.45) is 3.86.